The van der Waals surface area contributed by atoms with Gasteiger partial charge in [0.2, 0.25) is 5.82 Å². The lowest BCUT2D eigenvalue weighted by atomic mass is 10.0. The summed E-state index contributed by atoms with van der Waals surface area (Å²) in [6.07, 6.45) is 1.34. The molecule has 0 aliphatic carbocycles. The first-order chi connectivity index (χ1) is 14.2. The quantitative estimate of drug-likeness (QED) is 0.688. The molecule has 2 saturated heterocycles. The van der Waals surface area contributed by atoms with E-state index < -0.39 is 5.79 Å². The van der Waals surface area contributed by atoms with Crippen molar-refractivity contribution < 1.29 is 14.3 Å². The van der Waals surface area contributed by atoms with Gasteiger partial charge >= 0.3 is 0 Å². The molecule has 29 heavy (non-hydrogen) atoms. The van der Waals surface area contributed by atoms with E-state index in [0.717, 1.165) is 11.3 Å². The van der Waals surface area contributed by atoms with E-state index in [1.807, 2.05) is 60.7 Å². The van der Waals surface area contributed by atoms with Gasteiger partial charge in [0, 0.05) is 31.5 Å². The third-order valence-corrected chi connectivity index (χ3v) is 5.46. The predicted molar refractivity (Wildman–Crippen MR) is 107 cm³/mol. The van der Waals surface area contributed by atoms with Gasteiger partial charge in [-0.3, -0.25) is 4.79 Å². The maximum Gasteiger partial charge on any atom is 0.293 e. The number of ether oxygens (including phenoxy) is 2. The number of nitrogens with zero attached hydrogens (tertiary/aromatic N) is 4. The van der Waals surface area contributed by atoms with Gasteiger partial charge in [-0.25, -0.2) is 9.67 Å². The van der Waals surface area contributed by atoms with Crippen LogP contribution in [0.4, 0.5) is 0 Å². The van der Waals surface area contributed by atoms with Crippen molar-refractivity contribution in [2.24, 2.45) is 0 Å². The summed E-state index contributed by atoms with van der Waals surface area (Å²) in [4.78, 5) is 19.5. The number of amides is 1. The maximum absolute atomic E-state index is 13.1. The molecule has 7 nitrogen and oxygen atoms in total. The van der Waals surface area contributed by atoms with Crippen molar-refractivity contribution in [1.29, 1.82) is 0 Å². The van der Waals surface area contributed by atoms with Gasteiger partial charge in [0.25, 0.3) is 5.91 Å². The van der Waals surface area contributed by atoms with Gasteiger partial charge in [-0.15, -0.1) is 5.10 Å². The smallest absolute Gasteiger partial charge is 0.293 e. The molecule has 0 atom stereocenters. The monoisotopic (exact) mass is 390 g/mol. The molecule has 0 N–H and O–H groups in total. The minimum Gasteiger partial charge on any atom is -0.347 e. The fourth-order valence-corrected chi connectivity index (χ4v) is 3.90. The van der Waals surface area contributed by atoms with Crippen molar-refractivity contribution >= 4 is 5.91 Å². The highest BCUT2D eigenvalue weighted by Gasteiger charge is 2.41. The van der Waals surface area contributed by atoms with Crippen LogP contribution in [-0.4, -0.2) is 57.7 Å². The number of piperidine rings is 1. The fourth-order valence-electron chi connectivity index (χ4n) is 3.90. The first-order valence-corrected chi connectivity index (χ1v) is 9.89. The molecule has 2 aliphatic heterocycles. The van der Waals surface area contributed by atoms with Crippen LogP contribution in [0.1, 0.15) is 23.5 Å². The zero-order chi connectivity index (χ0) is 19.7. The molecule has 0 radical (unpaired) electrons. The number of rotatable bonds is 3. The Morgan fingerprint density at radius 3 is 2.17 bits per heavy atom. The second-order valence-electron chi connectivity index (χ2n) is 7.27. The number of carbonyl (C=O) groups is 1. The van der Waals surface area contributed by atoms with Crippen LogP contribution in [0.15, 0.2) is 60.7 Å². The van der Waals surface area contributed by atoms with Crippen LogP contribution in [-0.2, 0) is 9.47 Å². The van der Waals surface area contributed by atoms with Gasteiger partial charge in [-0.1, -0.05) is 48.5 Å². The standard InChI is InChI=1S/C22H22N4O3/c27-21(25-13-11-22(12-14-25)28-15-16-29-22)19-23-20(17-7-3-1-4-8-17)26(24-19)18-9-5-2-6-10-18/h1-10H,11-16H2. The largest absolute Gasteiger partial charge is 0.347 e. The molecule has 3 aromatic rings. The van der Waals surface area contributed by atoms with Gasteiger partial charge in [0.05, 0.1) is 18.9 Å². The summed E-state index contributed by atoms with van der Waals surface area (Å²) in [6, 6.07) is 19.5. The molecule has 2 aliphatic rings. The molecule has 2 aromatic carbocycles. The first kappa shape index (κ1) is 18.0. The van der Waals surface area contributed by atoms with Crippen molar-refractivity contribution in [1.82, 2.24) is 19.7 Å². The molecule has 1 spiro atoms. The molecule has 3 heterocycles. The first-order valence-electron chi connectivity index (χ1n) is 9.89. The molecular weight excluding hydrogens is 368 g/mol. The van der Waals surface area contributed by atoms with Crippen molar-refractivity contribution in [3.05, 3.63) is 66.5 Å². The van der Waals surface area contributed by atoms with Gasteiger partial charge in [0.15, 0.2) is 11.6 Å². The maximum atomic E-state index is 13.1. The third kappa shape index (κ3) is 3.43. The molecule has 148 valence electrons. The number of hydrogen-bond acceptors (Lipinski definition) is 5. The van der Waals surface area contributed by atoms with Crippen molar-refractivity contribution in [2.75, 3.05) is 26.3 Å². The number of benzene rings is 2. The van der Waals surface area contributed by atoms with Gasteiger partial charge in [-0.2, -0.15) is 0 Å². The fraction of sp³-hybridized carbons (Fsp3) is 0.318. The van der Waals surface area contributed by atoms with Crippen LogP contribution in [0.25, 0.3) is 17.1 Å². The predicted octanol–water partition coefficient (Wildman–Crippen LogP) is 2.91. The minimum absolute atomic E-state index is 0.162. The van der Waals surface area contributed by atoms with E-state index in [2.05, 4.69) is 10.1 Å². The Kier molecular flexibility index (Phi) is 4.61. The minimum atomic E-state index is -0.511. The van der Waals surface area contributed by atoms with Crippen LogP contribution >= 0.6 is 0 Å². The van der Waals surface area contributed by atoms with E-state index in [1.165, 1.54) is 0 Å². The molecule has 0 bridgehead atoms. The Hall–Kier alpha value is -3.03. The van der Waals surface area contributed by atoms with Crippen LogP contribution in [0.5, 0.6) is 0 Å². The van der Waals surface area contributed by atoms with E-state index in [0.29, 0.717) is 45.0 Å². The highest BCUT2D eigenvalue weighted by atomic mass is 16.7. The molecular formula is C22H22N4O3. The summed E-state index contributed by atoms with van der Waals surface area (Å²) in [7, 11) is 0. The lowest BCUT2D eigenvalue weighted by Gasteiger charge is -2.37. The molecule has 7 heteroatoms. The van der Waals surface area contributed by atoms with E-state index in [9.17, 15) is 4.79 Å². The molecule has 2 fully saturated rings. The van der Waals surface area contributed by atoms with Gasteiger partial charge in [0.1, 0.15) is 0 Å². The van der Waals surface area contributed by atoms with Gasteiger partial charge in [-0.05, 0) is 12.1 Å². The highest BCUT2D eigenvalue weighted by Crippen LogP contribution is 2.31. The normalized spacial score (nSPS) is 18.3. The second-order valence-corrected chi connectivity index (χ2v) is 7.27. The second kappa shape index (κ2) is 7.42. The van der Waals surface area contributed by atoms with Crippen molar-refractivity contribution in [2.45, 2.75) is 18.6 Å². The topological polar surface area (TPSA) is 69.5 Å². The molecule has 5 rings (SSSR count). The Bertz CT molecular complexity index is 930. The van der Waals surface area contributed by atoms with Crippen molar-refractivity contribution in [3.63, 3.8) is 0 Å². The van der Waals surface area contributed by atoms with E-state index in [-0.39, 0.29) is 11.7 Å². The highest BCUT2D eigenvalue weighted by molar-refractivity contribution is 5.91. The number of aromatic nitrogens is 3. The average molecular weight is 390 g/mol. The van der Waals surface area contributed by atoms with E-state index in [1.54, 1.807) is 9.58 Å². The zero-order valence-corrected chi connectivity index (χ0v) is 16.0. The van der Waals surface area contributed by atoms with E-state index in [4.69, 9.17) is 9.47 Å². The van der Waals surface area contributed by atoms with Crippen LogP contribution in [0, 0.1) is 0 Å². The average Bonchev–Trinajstić information content (AvgIpc) is 3.43. The number of carbonyl (C=O) groups excluding carboxylic acids is 1. The number of para-hydroxylation sites is 1. The SMILES string of the molecule is O=C(c1nc(-c2ccccc2)n(-c2ccccc2)n1)N1CCC2(CC1)OCCO2. The Labute approximate surface area is 168 Å². The molecule has 1 amide bonds. The van der Waals surface area contributed by atoms with Crippen LogP contribution < -0.4 is 0 Å². The molecule has 1 aromatic heterocycles. The summed E-state index contributed by atoms with van der Waals surface area (Å²) >= 11 is 0. The Balaban J connectivity index is 1.45. The Morgan fingerprint density at radius 2 is 1.52 bits per heavy atom. The number of likely N-dealkylation sites (tertiary alicyclic amines) is 1. The summed E-state index contributed by atoms with van der Waals surface area (Å²) in [5, 5.41) is 4.57. The summed E-state index contributed by atoms with van der Waals surface area (Å²) in [5.74, 6) is 0.181. The van der Waals surface area contributed by atoms with Crippen LogP contribution in [0.2, 0.25) is 0 Å². The van der Waals surface area contributed by atoms with Gasteiger partial charge < -0.3 is 14.4 Å². The molecule has 0 saturated carbocycles. The number of hydrogen-bond donors (Lipinski definition) is 0. The van der Waals surface area contributed by atoms with E-state index >= 15 is 0 Å². The van der Waals surface area contributed by atoms with Crippen LogP contribution in [0.3, 0.4) is 0 Å². The third-order valence-electron chi connectivity index (χ3n) is 5.46. The Morgan fingerprint density at radius 1 is 0.897 bits per heavy atom. The summed E-state index contributed by atoms with van der Waals surface area (Å²) < 4.78 is 13.3. The van der Waals surface area contributed by atoms with Crippen molar-refractivity contribution in [3.8, 4) is 17.1 Å². The zero-order valence-electron chi connectivity index (χ0n) is 16.0. The lowest BCUT2D eigenvalue weighted by molar-refractivity contribution is -0.181. The summed E-state index contributed by atoms with van der Waals surface area (Å²) in [5.41, 5.74) is 1.77. The summed E-state index contributed by atoms with van der Waals surface area (Å²) in [6.45, 7) is 2.38. The lowest BCUT2D eigenvalue weighted by Crippen LogP contribution is -2.47. The molecule has 0 unspecified atom stereocenters.